The molecule has 0 saturated heterocycles. The average Bonchev–Trinajstić information content (AvgIpc) is 2.25. The van der Waals surface area contributed by atoms with Crippen LogP contribution in [0.4, 0.5) is 0 Å². The molecule has 3 aliphatic carbocycles. The van der Waals surface area contributed by atoms with Gasteiger partial charge in [0.2, 0.25) is 0 Å². The lowest BCUT2D eigenvalue weighted by Crippen LogP contribution is -2.35. The van der Waals surface area contributed by atoms with Gasteiger partial charge in [0.1, 0.15) is 0 Å². The first kappa shape index (κ1) is 5.40. The molecular formula is C10H14. The molecule has 0 nitrogen and oxygen atoms in total. The van der Waals surface area contributed by atoms with E-state index >= 15 is 0 Å². The van der Waals surface area contributed by atoms with Gasteiger partial charge < -0.3 is 0 Å². The molecule has 0 spiro atoms. The molecule has 2 saturated carbocycles. The molecule has 0 N–H and O–H groups in total. The van der Waals surface area contributed by atoms with Crippen LogP contribution in [0.25, 0.3) is 0 Å². The second kappa shape index (κ2) is 1.66. The molecule has 0 amide bonds. The van der Waals surface area contributed by atoms with Crippen molar-refractivity contribution < 1.29 is 0 Å². The maximum atomic E-state index is 2.49. The Morgan fingerprint density at radius 1 is 1.00 bits per heavy atom. The van der Waals surface area contributed by atoms with Crippen LogP contribution < -0.4 is 0 Å². The lowest BCUT2D eigenvalue weighted by Gasteiger charge is -2.45. The molecule has 0 aromatic heterocycles. The number of hydrogen-bond acceptors (Lipinski definition) is 0. The van der Waals surface area contributed by atoms with Crippen molar-refractivity contribution in [1.82, 2.24) is 0 Å². The smallest absolute Gasteiger partial charge is 0.0197 e. The van der Waals surface area contributed by atoms with E-state index in [4.69, 9.17) is 0 Å². The normalized spacial score (nSPS) is 56.0. The molecule has 54 valence electrons. The fourth-order valence-electron chi connectivity index (χ4n) is 3.14. The maximum Gasteiger partial charge on any atom is -0.0197 e. The van der Waals surface area contributed by atoms with Gasteiger partial charge in [-0.1, -0.05) is 12.2 Å². The summed E-state index contributed by atoms with van der Waals surface area (Å²) in [5.74, 6) is 4.26. The minimum atomic E-state index is 0.992. The van der Waals surface area contributed by atoms with Gasteiger partial charge >= 0.3 is 0 Å². The Morgan fingerprint density at radius 3 is 2.80 bits per heavy atom. The van der Waals surface area contributed by atoms with Crippen molar-refractivity contribution >= 4 is 0 Å². The van der Waals surface area contributed by atoms with Gasteiger partial charge in [-0.05, 0) is 49.4 Å². The summed E-state index contributed by atoms with van der Waals surface area (Å²) in [6.45, 7) is 0. The van der Waals surface area contributed by atoms with Crippen LogP contribution >= 0.6 is 0 Å². The number of rotatable bonds is 0. The van der Waals surface area contributed by atoms with Crippen molar-refractivity contribution in [2.24, 2.45) is 23.7 Å². The second-order valence-electron chi connectivity index (χ2n) is 4.28. The Balaban J connectivity index is 1.91. The molecule has 0 heterocycles. The molecule has 0 aromatic rings. The molecule has 0 heteroatoms. The van der Waals surface area contributed by atoms with Gasteiger partial charge in [0.25, 0.3) is 0 Å². The molecule has 0 radical (unpaired) electrons. The second-order valence-corrected chi connectivity index (χ2v) is 4.28. The van der Waals surface area contributed by atoms with Gasteiger partial charge in [0, 0.05) is 0 Å². The molecule has 4 unspecified atom stereocenters. The Hall–Kier alpha value is -0.260. The fraction of sp³-hybridized carbons (Fsp3) is 0.800. The lowest BCUT2D eigenvalue weighted by molar-refractivity contribution is 0.0666. The number of fused-ring (bicyclic) bond motifs is 4. The lowest BCUT2D eigenvalue weighted by atomic mass is 9.60. The Bertz CT molecular complexity index is 180. The Kier molecular flexibility index (Phi) is 0.898. The van der Waals surface area contributed by atoms with Crippen LogP contribution in [0.3, 0.4) is 0 Å². The van der Waals surface area contributed by atoms with E-state index in [-0.39, 0.29) is 0 Å². The Morgan fingerprint density at radius 2 is 2.00 bits per heavy atom. The third-order valence-electron chi connectivity index (χ3n) is 3.84. The summed E-state index contributed by atoms with van der Waals surface area (Å²) in [4.78, 5) is 0. The zero-order chi connectivity index (χ0) is 6.55. The van der Waals surface area contributed by atoms with Gasteiger partial charge in [0.05, 0.1) is 0 Å². The third-order valence-corrected chi connectivity index (χ3v) is 3.84. The summed E-state index contributed by atoms with van der Waals surface area (Å²) in [5.41, 5.74) is 0. The predicted octanol–water partition coefficient (Wildman–Crippen LogP) is 2.61. The van der Waals surface area contributed by atoms with E-state index < -0.39 is 0 Å². The van der Waals surface area contributed by atoms with Crippen LogP contribution in [0.5, 0.6) is 0 Å². The van der Waals surface area contributed by atoms with Crippen molar-refractivity contribution in [2.75, 3.05) is 0 Å². The van der Waals surface area contributed by atoms with Crippen LogP contribution in [0.15, 0.2) is 12.2 Å². The largest absolute Gasteiger partial charge is 0.0851 e. The fourth-order valence-corrected chi connectivity index (χ4v) is 3.14. The summed E-state index contributed by atoms with van der Waals surface area (Å²) in [6.07, 6.45) is 11.1. The van der Waals surface area contributed by atoms with Gasteiger partial charge in [-0.3, -0.25) is 0 Å². The van der Waals surface area contributed by atoms with Crippen molar-refractivity contribution in [3.8, 4) is 0 Å². The summed E-state index contributed by atoms with van der Waals surface area (Å²) in [7, 11) is 0. The van der Waals surface area contributed by atoms with Crippen molar-refractivity contribution in [1.29, 1.82) is 0 Å². The highest BCUT2D eigenvalue weighted by molar-refractivity contribution is 5.11. The third kappa shape index (κ3) is 0.531. The van der Waals surface area contributed by atoms with Gasteiger partial charge in [-0.25, -0.2) is 0 Å². The molecular weight excluding hydrogens is 120 g/mol. The van der Waals surface area contributed by atoms with Gasteiger partial charge in [0.15, 0.2) is 0 Å². The highest BCUT2D eigenvalue weighted by Crippen LogP contribution is 2.53. The number of allylic oxidation sites excluding steroid dienone is 2. The van der Waals surface area contributed by atoms with Crippen LogP contribution in [-0.4, -0.2) is 0 Å². The van der Waals surface area contributed by atoms with Gasteiger partial charge in [-0.15, -0.1) is 0 Å². The van der Waals surface area contributed by atoms with Gasteiger partial charge in [-0.2, -0.15) is 0 Å². The first-order valence-corrected chi connectivity index (χ1v) is 4.62. The minimum Gasteiger partial charge on any atom is -0.0851 e. The molecule has 3 rings (SSSR count). The quantitative estimate of drug-likeness (QED) is 0.447. The highest BCUT2D eigenvalue weighted by Gasteiger charge is 2.43. The van der Waals surface area contributed by atoms with Crippen LogP contribution in [-0.2, 0) is 0 Å². The Labute approximate surface area is 62.3 Å². The molecule has 2 fully saturated rings. The minimum absolute atomic E-state index is 0.992. The van der Waals surface area contributed by atoms with E-state index in [2.05, 4.69) is 12.2 Å². The molecule has 0 aromatic carbocycles. The molecule has 3 aliphatic rings. The molecule has 10 heavy (non-hydrogen) atoms. The van der Waals surface area contributed by atoms with Crippen molar-refractivity contribution in [3.05, 3.63) is 12.2 Å². The van der Waals surface area contributed by atoms with E-state index in [0.717, 1.165) is 23.7 Å². The van der Waals surface area contributed by atoms with E-state index in [0.29, 0.717) is 0 Å². The topological polar surface area (TPSA) is 0 Å². The van der Waals surface area contributed by atoms with E-state index in [1.165, 1.54) is 19.3 Å². The zero-order valence-electron chi connectivity index (χ0n) is 6.29. The summed E-state index contributed by atoms with van der Waals surface area (Å²) < 4.78 is 0. The monoisotopic (exact) mass is 134 g/mol. The highest BCUT2D eigenvalue weighted by atomic mass is 14.5. The predicted molar refractivity (Wildman–Crippen MR) is 41.6 cm³/mol. The maximum absolute atomic E-state index is 2.49. The van der Waals surface area contributed by atoms with E-state index in [9.17, 15) is 0 Å². The van der Waals surface area contributed by atoms with Crippen molar-refractivity contribution in [3.63, 3.8) is 0 Å². The van der Waals surface area contributed by atoms with Crippen LogP contribution in [0.1, 0.15) is 25.7 Å². The first-order valence-electron chi connectivity index (χ1n) is 4.62. The molecule has 0 aliphatic heterocycles. The number of hydrogen-bond donors (Lipinski definition) is 0. The SMILES string of the molecule is C1=CC2CC1CC1CCC21. The summed E-state index contributed by atoms with van der Waals surface area (Å²) in [5, 5.41) is 0. The van der Waals surface area contributed by atoms with E-state index in [1.54, 1.807) is 6.42 Å². The van der Waals surface area contributed by atoms with E-state index in [1.807, 2.05) is 0 Å². The van der Waals surface area contributed by atoms with Crippen LogP contribution in [0.2, 0.25) is 0 Å². The van der Waals surface area contributed by atoms with Crippen LogP contribution in [0, 0.1) is 23.7 Å². The average molecular weight is 134 g/mol. The first-order chi connectivity index (χ1) is 4.93. The standard InChI is InChI=1S/C10H14/c1-2-8-5-7(1)6-9-3-4-10(8)9/h1-2,7-10H,3-6H2. The van der Waals surface area contributed by atoms with Crippen molar-refractivity contribution in [2.45, 2.75) is 25.7 Å². The molecule has 2 bridgehead atoms. The molecule has 4 atom stereocenters. The summed E-state index contributed by atoms with van der Waals surface area (Å²) >= 11 is 0. The summed E-state index contributed by atoms with van der Waals surface area (Å²) in [6, 6.07) is 0. The zero-order valence-corrected chi connectivity index (χ0v) is 6.29.